The number of carbonyl (C=O) groups excluding carboxylic acids is 1. The van der Waals surface area contributed by atoms with E-state index in [-0.39, 0.29) is 5.91 Å². The van der Waals surface area contributed by atoms with E-state index in [9.17, 15) is 4.79 Å². The monoisotopic (exact) mass is 412 g/mol. The number of hydrogen-bond acceptors (Lipinski definition) is 5. The molecule has 0 saturated carbocycles. The summed E-state index contributed by atoms with van der Waals surface area (Å²) >= 11 is 1.72. The molecular weight excluding hydrogens is 392 g/mol. The van der Waals surface area contributed by atoms with E-state index in [1.165, 1.54) is 10.3 Å². The SMILES string of the molecule is C[C@H](Nc1ccc(Cc2nc3ccccc3s2)cc1)C(=O)Nc1ccc(C#N)cc1. The summed E-state index contributed by atoms with van der Waals surface area (Å²) in [4.78, 5) is 17.1. The van der Waals surface area contributed by atoms with Gasteiger partial charge in [-0.3, -0.25) is 4.79 Å². The van der Waals surface area contributed by atoms with E-state index in [1.807, 2.05) is 37.3 Å². The molecule has 0 unspecified atom stereocenters. The van der Waals surface area contributed by atoms with E-state index in [2.05, 4.69) is 39.9 Å². The predicted molar refractivity (Wildman–Crippen MR) is 122 cm³/mol. The third-order valence-electron chi connectivity index (χ3n) is 4.71. The molecule has 1 atom stereocenters. The lowest BCUT2D eigenvalue weighted by Crippen LogP contribution is -2.31. The molecule has 4 rings (SSSR count). The number of rotatable bonds is 6. The summed E-state index contributed by atoms with van der Waals surface area (Å²) < 4.78 is 1.20. The molecule has 1 aromatic heterocycles. The molecule has 3 aromatic carbocycles. The van der Waals surface area contributed by atoms with Gasteiger partial charge in [0.2, 0.25) is 5.91 Å². The van der Waals surface area contributed by atoms with Crippen molar-refractivity contribution in [3.8, 4) is 6.07 Å². The summed E-state index contributed by atoms with van der Waals surface area (Å²) in [6.07, 6.45) is 0.786. The van der Waals surface area contributed by atoms with Crippen LogP contribution in [0.3, 0.4) is 0 Å². The van der Waals surface area contributed by atoms with Gasteiger partial charge in [0.15, 0.2) is 0 Å². The first kappa shape index (κ1) is 19.6. The number of thiazole rings is 1. The Kier molecular flexibility index (Phi) is 5.73. The number of nitrogens with zero attached hydrogens (tertiary/aromatic N) is 2. The first-order valence-electron chi connectivity index (χ1n) is 9.62. The standard InChI is InChI=1S/C24H20N4OS/c1-16(24(29)27-20-12-8-18(15-25)9-13-20)26-19-10-6-17(7-11-19)14-23-28-21-4-2-3-5-22(21)30-23/h2-13,16,26H,14H2,1H3,(H,27,29)/t16-/m0/s1. The van der Waals surface area contributed by atoms with Crippen LogP contribution in [0.2, 0.25) is 0 Å². The van der Waals surface area contributed by atoms with Crippen molar-refractivity contribution in [3.63, 3.8) is 0 Å². The third-order valence-corrected chi connectivity index (χ3v) is 5.74. The van der Waals surface area contributed by atoms with Gasteiger partial charge in [-0.15, -0.1) is 11.3 Å². The highest BCUT2D eigenvalue weighted by Crippen LogP contribution is 2.24. The number of para-hydroxylation sites is 1. The first-order chi connectivity index (χ1) is 14.6. The van der Waals surface area contributed by atoms with Crippen LogP contribution in [0, 0.1) is 11.3 Å². The molecule has 6 heteroatoms. The van der Waals surface area contributed by atoms with Crippen molar-refractivity contribution in [2.24, 2.45) is 0 Å². The number of aromatic nitrogens is 1. The molecule has 1 amide bonds. The smallest absolute Gasteiger partial charge is 0.246 e. The highest BCUT2D eigenvalue weighted by atomic mass is 32.1. The van der Waals surface area contributed by atoms with Crippen LogP contribution in [-0.4, -0.2) is 16.9 Å². The summed E-state index contributed by atoms with van der Waals surface area (Å²) in [5.41, 5.74) is 4.32. The second-order valence-corrected chi connectivity index (χ2v) is 8.11. The maximum atomic E-state index is 12.4. The maximum Gasteiger partial charge on any atom is 0.246 e. The number of hydrogen-bond donors (Lipinski definition) is 2. The van der Waals surface area contributed by atoms with Crippen molar-refractivity contribution >= 4 is 38.8 Å². The maximum absolute atomic E-state index is 12.4. The van der Waals surface area contributed by atoms with Crippen LogP contribution in [0.5, 0.6) is 0 Å². The lowest BCUT2D eigenvalue weighted by molar-refractivity contribution is -0.116. The fraction of sp³-hybridized carbons (Fsp3) is 0.125. The van der Waals surface area contributed by atoms with Crippen LogP contribution in [-0.2, 0) is 11.2 Å². The highest BCUT2D eigenvalue weighted by Gasteiger charge is 2.13. The number of fused-ring (bicyclic) bond motifs is 1. The zero-order valence-corrected chi connectivity index (χ0v) is 17.2. The van der Waals surface area contributed by atoms with Crippen molar-refractivity contribution < 1.29 is 4.79 Å². The summed E-state index contributed by atoms with van der Waals surface area (Å²) in [5, 5.41) is 16.0. The molecule has 0 aliphatic heterocycles. The topological polar surface area (TPSA) is 77.8 Å². The Balaban J connectivity index is 1.35. The highest BCUT2D eigenvalue weighted by molar-refractivity contribution is 7.18. The van der Waals surface area contributed by atoms with Crippen molar-refractivity contribution in [1.29, 1.82) is 5.26 Å². The molecule has 0 saturated heterocycles. The van der Waals surface area contributed by atoms with Gasteiger partial charge in [-0.2, -0.15) is 5.26 Å². The minimum Gasteiger partial charge on any atom is -0.374 e. The summed E-state index contributed by atoms with van der Waals surface area (Å²) in [7, 11) is 0. The molecule has 1 heterocycles. The molecule has 4 aromatic rings. The third kappa shape index (κ3) is 4.65. The average Bonchev–Trinajstić information content (AvgIpc) is 3.18. The Hall–Kier alpha value is -3.69. The Morgan fingerprint density at radius 2 is 1.73 bits per heavy atom. The average molecular weight is 413 g/mol. The van der Waals surface area contributed by atoms with Gasteiger partial charge in [-0.1, -0.05) is 24.3 Å². The van der Waals surface area contributed by atoms with E-state index in [0.717, 1.165) is 22.6 Å². The van der Waals surface area contributed by atoms with Gasteiger partial charge in [0.1, 0.15) is 6.04 Å². The Morgan fingerprint density at radius 3 is 2.43 bits per heavy atom. The molecule has 0 fully saturated rings. The first-order valence-corrected chi connectivity index (χ1v) is 10.4. The lowest BCUT2D eigenvalue weighted by Gasteiger charge is -2.15. The largest absolute Gasteiger partial charge is 0.374 e. The number of benzene rings is 3. The van der Waals surface area contributed by atoms with Crippen molar-refractivity contribution in [2.45, 2.75) is 19.4 Å². The predicted octanol–water partition coefficient (Wildman–Crippen LogP) is 5.20. The molecule has 0 radical (unpaired) electrons. The van der Waals surface area contributed by atoms with Crippen LogP contribution in [0.15, 0.2) is 72.8 Å². The number of carbonyl (C=O) groups is 1. The van der Waals surface area contributed by atoms with Gasteiger partial charge < -0.3 is 10.6 Å². The lowest BCUT2D eigenvalue weighted by atomic mass is 10.1. The minimum absolute atomic E-state index is 0.141. The fourth-order valence-electron chi connectivity index (χ4n) is 3.08. The fourth-order valence-corrected chi connectivity index (χ4v) is 4.08. The molecule has 0 spiro atoms. The Morgan fingerprint density at radius 1 is 1.03 bits per heavy atom. The minimum atomic E-state index is -0.407. The van der Waals surface area contributed by atoms with Crippen molar-refractivity contribution in [2.75, 3.05) is 10.6 Å². The number of anilines is 2. The Labute approximate surface area is 179 Å². The number of amides is 1. The van der Waals surface area contributed by atoms with Crippen LogP contribution in [0.1, 0.15) is 23.1 Å². The van der Waals surface area contributed by atoms with E-state index < -0.39 is 6.04 Å². The quantitative estimate of drug-likeness (QED) is 0.456. The van der Waals surface area contributed by atoms with Gasteiger partial charge in [0.05, 0.1) is 26.9 Å². The van der Waals surface area contributed by atoms with Gasteiger partial charge >= 0.3 is 0 Å². The molecule has 148 valence electrons. The second kappa shape index (κ2) is 8.76. The van der Waals surface area contributed by atoms with Crippen LogP contribution in [0.4, 0.5) is 11.4 Å². The normalized spacial score (nSPS) is 11.6. The zero-order valence-electron chi connectivity index (χ0n) is 16.4. The molecular formula is C24H20N4OS. The van der Waals surface area contributed by atoms with Gasteiger partial charge in [0.25, 0.3) is 0 Å². The molecule has 0 aliphatic rings. The molecule has 0 bridgehead atoms. The van der Waals surface area contributed by atoms with Crippen LogP contribution in [0.25, 0.3) is 10.2 Å². The van der Waals surface area contributed by atoms with Gasteiger partial charge in [0, 0.05) is 17.8 Å². The zero-order chi connectivity index (χ0) is 20.9. The van der Waals surface area contributed by atoms with Crippen molar-refractivity contribution in [1.82, 2.24) is 4.98 Å². The molecule has 2 N–H and O–H groups in total. The van der Waals surface area contributed by atoms with E-state index in [1.54, 1.807) is 35.6 Å². The summed E-state index contributed by atoms with van der Waals surface area (Å²) in [6.45, 7) is 1.81. The van der Waals surface area contributed by atoms with E-state index in [0.29, 0.717) is 11.3 Å². The van der Waals surface area contributed by atoms with E-state index in [4.69, 9.17) is 5.26 Å². The van der Waals surface area contributed by atoms with Crippen molar-refractivity contribution in [3.05, 3.63) is 88.9 Å². The van der Waals surface area contributed by atoms with Crippen LogP contribution < -0.4 is 10.6 Å². The number of nitrogens with one attached hydrogen (secondary N) is 2. The second-order valence-electron chi connectivity index (χ2n) is 6.99. The van der Waals surface area contributed by atoms with Crippen LogP contribution >= 0.6 is 11.3 Å². The summed E-state index contributed by atoms with van der Waals surface area (Å²) in [6, 6.07) is 24.7. The van der Waals surface area contributed by atoms with E-state index >= 15 is 0 Å². The van der Waals surface area contributed by atoms with Gasteiger partial charge in [-0.05, 0) is 61.0 Å². The molecule has 30 heavy (non-hydrogen) atoms. The summed E-state index contributed by atoms with van der Waals surface area (Å²) in [5.74, 6) is -0.141. The molecule has 5 nitrogen and oxygen atoms in total. The number of nitriles is 1. The Bertz CT molecular complexity index is 1170. The molecule has 0 aliphatic carbocycles. The van der Waals surface area contributed by atoms with Gasteiger partial charge in [-0.25, -0.2) is 4.98 Å².